The van der Waals surface area contributed by atoms with Gasteiger partial charge in [-0.05, 0) is 13.3 Å². The van der Waals surface area contributed by atoms with E-state index in [0.29, 0.717) is 6.42 Å². The third-order valence-corrected chi connectivity index (χ3v) is 0.458. The van der Waals surface area contributed by atoms with Gasteiger partial charge in [0.2, 0.25) is 0 Å². The van der Waals surface area contributed by atoms with Gasteiger partial charge in [0.05, 0.1) is 6.67 Å². The predicted octanol–water partition coefficient (Wildman–Crippen LogP) is 1.73. The van der Waals surface area contributed by atoms with E-state index in [1.165, 1.54) is 0 Å². The lowest BCUT2D eigenvalue weighted by atomic mass is 10.4. The molecule has 0 amide bonds. The average molecular weight is 87.1 g/mol. The molecule has 0 aromatic rings. The molecule has 0 spiro atoms. The van der Waals surface area contributed by atoms with Crippen LogP contribution in [-0.4, -0.2) is 6.67 Å². The Morgan fingerprint density at radius 2 is 2.50 bits per heavy atom. The Morgan fingerprint density at radius 3 is 2.67 bits per heavy atom. The van der Waals surface area contributed by atoms with Gasteiger partial charge in [0.15, 0.2) is 0 Å². The maximum Gasteiger partial charge on any atom is 0.0929 e. The first-order valence-corrected chi connectivity index (χ1v) is 1.96. The summed E-state index contributed by atoms with van der Waals surface area (Å²) in [7, 11) is 0. The van der Waals surface area contributed by atoms with Crippen LogP contribution in [0.15, 0.2) is 6.08 Å². The summed E-state index contributed by atoms with van der Waals surface area (Å²) in [4.78, 5) is 0. The van der Waals surface area contributed by atoms with Crippen LogP contribution < -0.4 is 0 Å². The van der Waals surface area contributed by atoms with Crippen molar-refractivity contribution >= 4 is 0 Å². The molecule has 0 saturated carbocycles. The van der Waals surface area contributed by atoms with E-state index < -0.39 is 0 Å². The molecular formula is C5H8F. The van der Waals surface area contributed by atoms with E-state index in [2.05, 4.69) is 6.08 Å². The van der Waals surface area contributed by atoms with Gasteiger partial charge in [0.25, 0.3) is 0 Å². The van der Waals surface area contributed by atoms with E-state index >= 15 is 0 Å². The molecule has 0 nitrogen and oxygen atoms in total. The van der Waals surface area contributed by atoms with Gasteiger partial charge in [-0.15, -0.1) is 0 Å². The van der Waals surface area contributed by atoms with Crippen molar-refractivity contribution in [1.82, 2.24) is 0 Å². The molecule has 0 rings (SSSR count). The molecule has 0 N–H and O–H groups in total. The molecule has 0 aliphatic heterocycles. The smallest absolute Gasteiger partial charge is 0.0929 e. The number of alkyl halides is 1. The molecule has 0 bridgehead atoms. The highest BCUT2D eigenvalue weighted by Gasteiger charge is 1.68. The van der Waals surface area contributed by atoms with Crippen LogP contribution in [0.5, 0.6) is 0 Å². The summed E-state index contributed by atoms with van der Waals surface area (Å²) in [6.07, 6.45) is 4.89. The molecule has 0 aliphatic carbocycles. The SMILES string of the molecule is C[C]=CCCF. The summed E-state index contributed by atoms with van der Waals surface area (Å²) in [5, 5.41) is 0. The first-order valence-electron chi connectivity index (χ1n) is 1.96. The molecule has 6 heavy (non-hydrogen) atoms. The lowest BCUT2D eigenvalue weighted by molar-refractivity contribution is 0.500. The van der Waals surface area contributed by atoms with Crippen LogP contribution >= 0.6 is 0 Å². The van der Waals surface area contributed by atoms with Crippen molar-refractivity contribution in [3.63, 3.8) is 0 Å². The highest BCUT2D eigenvalue weighted by atomic mass is 19.1. The average Bonchev–Trinajstić information content (AvgIpc) is 1.61. The molecule has 0 heterocycles. The van der Waals surface area contributed by atoms with E-state index in [4.69, 9.17) is 0 Å². The zero-order chi connectivity index (χ0) is 4.83. The Bertz CT molecular complexity index is 39.2. The van der Waals surface area contributed by atoms with Crippen LogP contribution in [0.3, 0.4) is 0 Å². The first kappa shape index (κ1) is 5.67. The molecule has 1 radical (unpaired) electrons. The van der Waals surface area contributed by atoms with Crippen LogP contribution in [0.25, 0.3) is 0 Å². The monoisotopic (exact) mass is 87.1 g/mol. The molecular weight excluding hydrogens is 79.1 g/mol. The summed E-state index contributed by atoms with van der Waals surface area (Å²) in [5.74, 6) is 0. The molecule has 0 unspecified atom stereocenters. The van der Waals surface area contributed by atoms with E-state index in [9.17, 15) is 4.39 Å². The minimum absolute atomic E-state index is 0.263. The quantitative estimate of drug-likeness (QED) is 0.481. The second kappa shape index (κ2) is 4.67. The van der Waals surface area contributed by atoms with E-state index in [-0.39, 0.29) is 6.67 Å². The van der Waals surface area contributed by atoms with Crippen LogP contribution in [0.2, 0.25) is 0 Å². The number of hydrogen-bond acceptors (Lipinski definition) is 0. The molecule has 0 aliphatic rings. The van der Waals surface area contributed by atoms with Gasteiger partial charge in [-0.2, -0.15) is 0 Å². The minimum atomic E-state index is -0.263. The minimum Gasteiger partial charge on any atom is -0.251 e. The van der Waals surface area contributed by atoms with Gasteiger partial charge in [-0.3, -0.25) is 4.39 Å². The lowest BCUT2D eigenvalue weighted by Gasteiger charge is -1.73. The van der Waals surface area contributed by atoms with Crippen LogP contribution in [0, 0.1) is 6.08 Å². The second-order valence-electron chi connectivity index (χ2n) is 0.970. The standard InChI is InChI=1S/C5H8F/c1-2-3-4-5-6/h3H,4-5H2,1H3. The van der Waals surface area contributed by atoms with Crippen molar-refractivity contribution in [2.24, 2.45) is 0 Å². The number of hydrogen-bond donors (Lipinski definition) is 0. The topological polar surface area (TPSA) is 0 Å². The highest BCUT2D eigenvalue weighted by molar-refractivity contribution is 4.67. The van der Waals surface area contributed by atoms with Crippen molar-refractivity contribution in [2.45, 2.75) is 13.3 Å². The molecule has 0 aromatic carbocycles. The van der Waals surface area contributed by atoms with Gasteiger partial charge >= 0.3 is 0 Å². The van der Waals surface area contributed by atoms with Crippen molar-refractivity contribution in [2.75, 3.05) is 6.67 Å². The van der Waals surface area contributed by atoms with Gasteiger partial charge in [-0.25, -0.2) is 0 Å². The maximum atomic E-state index is 11.1. The fourth-order valence-electron chi connectivity index (χ4n) is 0.199. The maximum absolute atomic E-state index is 11.1. The zero-order valence-electron chi connectivity index (χ0n) is 3.87. The van der Waals surface area contributed by atoms with E-state index in [0.717, 1.165) is 0 Å². The largest absolute Gasteiger partial charge is 0.251 e. The van der Waals surface area contributed by atoms with Crippen molar-refractivity contribution < 1.29 is 4.39 Å². The Balaban J connectivity index is 2.66. The zero-order valence-corrected chi connectivity index (χ0v) is 3.87. The van der Waals surface area contributed by atoms with Crippen LogP contribution in [-0.2, 0) is 0 Å². The normalized spacial score (nSPS) is 10.3. The van der Waals surface area contributed by atoms with Gasteiger partial charge in [0.1, 0.15) is 0 Å². The molecule has 1 heteroatoms. The first-order chi connectivity index (χ1) is 2.91. The van der Waals surface area contributed by atoms with Crippen molar-refractivity contribution in [3.05, 3.63) is 12.2 Å². The third-order valence-electron chi connectivity index (χ3n) is 0.458. The van der Waals surface area contributed by atoms with E-state index in [1.807, 2.05) is 0 Å². The predicted molar refractivity (Wildman–Crippen MR) is 24.1 cm³/mol. The van der Waals surface area contributed by atoms with Crippen LogP contribution in [0.1, 0.15) is 13.3 Å². The van der Waals surface area contributed by atoms with E-state index in [1.54, 1.807) is 13.0 Å². The molecule has 0 fully saturated rings. The molecule has 0 aromatic heterocycles. The Hall–Kier alpha value is -0.330. The fraction of sp³-hybridized carbons (Fsp3) is 0.600. The van der Waals surface area contributed by atoms with Gasteiger partial charge < -0.3 is 0 Å². The number of halogens is 1. The van der Waals surface area contributed by atoms with Gasteiger partial charge in [0, 0.05) is 0 Å². The summed E-state index contributed by atoms with van der Waals surface area (Å²) < 4.78 is 11.1. The third kappa shape index (κ3) is 3.67. The lowest BCUT2D eigenvalue weighted by Crippen LogP contribution is -1.64. The van der Waals surface area contributed by atoms with Gasteiger partial charge in [-0.1, -0.05) is 12.2 Å². The Morgan fingerprint density at radius 1 is 1.83 bits per heavy atom. The van der Waals surface area contributed by atoms with Crippen LogP contribution in [0.4, 0.5) is 4.39 Å². The molecule has 35 valence electrons. The Kier molecular flexibility index (Phi) is 4.41. The Labute approximate surface area is 37.7 Å². The molecule has 0 saturated heterocycles. The van der Waals surface area contributed by atoms with Crippen molar-refractivity contribution in [3.8, 4) is 0 Å². The number of rotatable bonds is 2. The van der Waals surface area contributed by atoms with Crippen molar-refractivity contribution in [1.29, 1.82) is 0 Å². The summed E-state index contributed by atoms with van der Waals surface area (Å²) in [6, 6.07) is 0. The summed E-state index contributed by atoms with van der Waals surface area (Å²) >= 11 is 0. The number of allylic oxidation sites excluding steroid dienone is 2. The fourth-order valence-corrected chi connectivity index (χ4v) is 0.199. The molecule has 0 atom stereocenters. The summed E-state index contributed by atoms with van der Waals surface area (Å²) in [5.41, 5.74) is 0. The summed E-state index contributed by atoms with van der Waals surface area (Å²) in [6.45, 7) is 1.50. The highest BCUT2D eigenvalue weighted by Crippen LogP contribution is 1.79. The second-order valence-corrected chi connectivity index (χ2v) is 0.970.